The minimum absolute atomic E-state index is 0.0380. The van der Waals surface area contributed by atoms with Gasteiger partial charge >= 0.3 is 0 Å². The molecule has 176 valence electrons. The van der Waals surface area contributed by atoms with E-state index in [1.54, 1.807) is 50.6 Å². The third-order valence-corrected chi connectivity index (χ3v) is 5.82. The largest absolute Gasteiger partial charge is 0.503 e. The minimum Gasteiger partial charge on any atom is -0.503 e. The summed E-state index contributed by atoms with van der Waals surface area (Å²) >= 11 is 0. The summed E-state index contributed by atoms with van der Waals surface area (Å²) in [5.74, 6) is -0.0761. The Kier molecular flexibility index (Phi) is 6.58. The Hall–Kier alpha value is -4.20. The van der Waals surface area contributed by atoms with Crippen LogP contribution in [0.25, 0.3) is 0 Å². The first-order chi connectivity index (χ1) is 16.5. The molecule has 2 heterocycles. The lowest BCUT2D eigenvalue weighted by molar-refractivity contribution is -0.129. The number of hydrogen-bond acceptors (Lipinski definition) is 7. The van der Waals surface area contributed by atoms with Crippen LogP contribution in [0.5, 0.6) is 17.2 Å². The number of methoxy groups -OCH3 is 3. The Morgan fingerprint density at radius 2 is 1.71 bits per heavy atom. The van der Waals surface area contributed by atoms with Gasteiger partial charge in [0.2, 0.25) is 5.78 Å². The fourth-order valence-electron chi connectivity index (χ4n) is 4.16. The van der Waals surface area contributed by atoms with E-state index in [4.69, 9.17) is 18.6 Å². The number of carbonyl (C=O) groups excluding carboxylic acids is 2. The van der Waals surface area contributed by atoms with E-state index in [1.165, 1.54) is 24.3 Å². The van der Waals surface area contributed by atoms with Crippen molar-refractivity contribution in [2.24, 2.45) is 0 Å². The van der Waals surface area contributed by atoms with E-state index in [-0.39, 0.29) is 17.9 Å². The molecule has 1 unspecified atom stereocenters. The number of nitrogens with zero attached hydrogens (tertiary/aromatic N) is 1. The lowest BCUT2D eigenvalue weighted by Crippen LogP contribution is -2.33. The molecule has 8 nitrogen and oxygen atoms in total. The molecule has 0 saturated heterocycles. The third kappa shape index (κ3) is 4.10. The van der Waals surface area contributed by atoms with Gasteiger partial charge in [-0.3, -0.25) is 9.59 Å². The molecule has 1 aromatic heterocycles. The van der Waals surface area contributed by atoms with Crippen LogP contribution in [0.1, 0.15) is 27.7 Å². The van der Waals surface area contributed by atoms with Gasteiger partial charge in [-0.15, -0.1) is 0 Å². The van der Waals surface area contributed by atoms with Crippen molar-refractivity contribution in [3.8, 4) is 17.2 Å². The Morgan fingerprint density at radius 3 is 2.38 bits per heavy atom. The van der Waals surface area contributed by atoms with Gasteiger partial charge in [0.05, 0.1) is 39.2 Å². The predicted molar refractivity (Wildman–Crippen MR) is 123 cm³/mol. The molecule has 1 aliphatic rings. The Balaban J connectivity index is 1.71. The standard InChI is InChI=1S/C26H25NO7/c1-31-18-8-5-4-7-17(18)23-22(24(28)20-9-6-14-34-20)25(29)26(30)27(23)13-12-16-10-11-19(32-2)21(15-16)33-3/h4-11,14-15,23,29H,12-13H2,1-3H3. The normalized spacial score (nSPS) is 15.6. The maximum atomic E-state index is 13.3. The number of hydrogen-bond donors (Lipinski definition) is 1. The Morgan fingerprint density at radius 1 is 0.971 bits per heavy atom. The average Bonchev–Trinajstić information content (AvgIpc) is 3.49. The van der Waals surface area contributed by atoms with Gasteiger partial charge in [0, 0.05) is 12.1 Å². The molecule has 1 atom stereocenters. The lowest BCUT2D eigenvalue weighted by Gasteiger charge is -2.28. The van der Waals surface area contributed by atoms with Crippen LogP contribution in [0.3, 0.4) is 0 Å². The molecule has 0 spiro atoms. The number of ether oxygens (including phenoxy) is 3. The second kappa shape index (κ2) is 9.74. The smallest absolute Gasteiger partial charge is 0.290 e. The summed E-state index contributed by atoms with van der Waals surface area (Å²) in [7, 11) is 4.63. The van der Waals surface area contributed by atoms with Crippen molar-refractivity contribution in [3.05, 3.63) is 89.1 Å². The average molecular weight is 463 g/mol. The van der Waals surface area contributed by atoms with Crippen molar-refractivity contribution in [1.82, 2.24) is 4.90 Å². The van der Waals surface area contributed by atoms with Gasteiger partial charge in [0.25, 0.3) is 5.91 Å². The summed E-state index contributed by atoms with van der Waals surface area (Å²) in [6.07, 6.45) is 1.82. The second-order valence-electron chi connectivity index (χ2n) is 7.65. The van der Waals surface area contributed by atoms with E-state index in [0.29, 0.717) is 29.2 Å². The molecule has 34 heavy (non-hydrogen) atoms. The van der Waals surface area contributed by atoms with Gasteiger partial charge in [-0.2, -0.15) is 0 Å². The quantitative estimate of drug-likeness (QED) is 0.477. The minimum atomic E-state index is -0.846. The van der Waals surface area contributed by atoms with Crippen LogP contribution >= 0.6 is 0 Å². The molecule has 0 aliphatic carbocycles. The maximum Gasteiger partial charge on any atom is 0.290 e. The summed E-state index contributed by atoms with van der Waals surface area (Å²) in [5.41, 5.74) is 1.44. The SMILES string of the molecule is COc1ccc(CCN2C(=O)C(O)=C(C(=O)c3ccco3)C2c2ccccc2OC)cc1OC. The van der Waals surface area contributed by atoms with E-state index in [0.717, 1.165) is 5.56 Å². The van der Waals surface area contributed by atoms with Crippen molar-refractivity contribution in [2.75, 3.05) is 27.9 Å². The van der Waals surface area contributed by atoms with Gasteiger partial charge in [-0.05, 0) is 42.3 Å². The predicted octanol–water partition coefficient (Wildman–Crippen LogP) is 4.13. The van der Waals surface area contributed by atoms with Crippen LogP contribution in [-0.2, 0) is 11.2 Å². The molecule has 0 bridgehead atoms. The van der Waals surface area contributed by atoms with Crippen LogP contribution in [0.2, 0.25) is 0 Å². The number of benzene rings is 2. The monoisotopic (exact) mass is 463 g/mol. The van der Waals surface area contributed by atoms with E-state index in [1.807, 2.05) is 12.1 Å². The van der Waals surface area contributed by atoms with E-state index in [2.05, 4.69) is 0 Å². The van der Waals surface area contributed by atoms with Crippen LogP contribution < -0.4 is 14.2 Å². The van der Waals surface area contributed by atoms with Crippen LogP contribution in [0.15, 0.2) is 76.6 Å². The highest BCUT2D eigenvalue weighted by Gasteiger charge is 2.45. The van der Waals surface area contributed by atoms with Crippen LogP contribution in [0.4, 0.5) is 0 Å². The molecule has 8 heteroatoms. The van der Waals surface area contributed by atoms with E-state index in [9.17, 15) is 14.7 Å². The molecule has 1 aliphatic heterocycles. The van der Waals surface area contributed by atoms with Gasteiger partial charge in [0.1, 0.15) is 5.75 Å². The molecule has 2 aromatic carbocycles. The van der Waals surface area contributed by atoms with Crippen LogP contribution in [-0.4, -0.2) is 49.6 Å². The van der Waals surface area contributed by atoms with Gasteiger partial charge in [0.15, 0.2) is 23.0 Å². The number of aliphatic hydroxyl groups excluding tert-OH is 1. The number of para-hydroxylation sites is 1. The molecule has 0 fully saturated rings. The van der Waals surface area contributed by atoms with Crippen molar-refractivity contribution >= 4 is 11.7 Å². The zero-order valence-electron chi connectivity index (χ0n) is 19.1. The molecule has 1 amide bonds. The highest BCUT2D eigenvalue weighted by atomic mass is 16.5. The van der Waals surface area contributed by atoms with Crippen LogP contribution in [0, 0.1) is 0 Å². The van der Waals surface area contributed by atoms with E-state index < -0.39 is 23.5 Å². The third-order valence-electron chi connectivity index (χ3n) is 5.82. The number of Topliss-reactive ketones (excluding diaryl/α,β-unsaturated/α-hetero) is 1. The summed E-state index contributed by atoms with van der Waals surface area (Å²) in [5, 5.41) is 10.8. The molecule has 0 saturated carbocycles. The highest BCUT2D eigenvalue weighted by molar-refractivity contribution is 6.15. The second-order valence-corrected chi connectivity index (χ2v) is 7.65. The summed E-state index contributed by atoms with van der Waals surface area (Å²) in [6.45, 7) is 0.232. The van der Waals surface area contributed by atoms with Gasteiger partial charge < -0.3 is 28.6 Å². The number of ketones is 1. The van der Waals surface area contributed by atoms with Crippen molar-refractivity contribution in [1.29, 1.82) is 0 Å². The maximum absolute atomic E-state index is 13.3. The molecular weight excluding hydrogens is 438 g/mol. The van der Waals surface area contributed by atoms with Crippen molar-refractivity contribution < 1.29 is 33.3 Å². The highest BCUT2D eigenvalue weighted by Crippen LogP contribution is 2.42. The number of rotatable bonds is 9. The number of furan rings is 1. The number of amides is 1. The molecular formula is C26H25NO7. The summed E-state index contributed by atoms with van der Waals surface area (Å²) in [4.78, 5) is 27.9. The number of carbonyl (C=O) groups is 2. The first-order valence-electron chi connectivity index (χ1n) is 10.7. The molecule has 4 rings (SSSR count). The Labute approximate surface area is 197 Å². The molecule has 1 N–H and O–H groups in total. The fraction of sp³-hybridized carbons (Fsp3) is 0.231. The zero-order valence-corrected chi connectivity index (χ0v) is 19.1. The fourth-order valence-corrected chi connectivity index (χ4v) is 4.16. The lowest BCUT2D eigenvalue weighted by atomic mass is 9.94. The first-order valence-corrected chi connectivity index (χ1v) is 10.7. The summed E-state index contributed by atoms with van der Waals surface area (Å²) < 4.78 is 21.4. The zero-order chi connectivity index (χ0) is 24.2. The Bertz CT molecular complexity index is 1230. The molecule has 0 radical (unpaired) electrons. The van der Waals surface area contributed by atoms with E-state index >= 15 is 0 Å². The van der Waals surface area contributed by atoms with Gasteiger partial charge in [-0.25, -0.2) is 0 Å². The molecule has 3 aromatic rings. The topological polar surface area (TPSA) is 98.4 Å². The first kappa shape index (κ1) is 23.0. The van der Waals surface area contributed by atoms with Crippen molar-refractivity contribution in [2.45, 2.75) is 12.5 Å². The number of aliphatic hydroxyl groups is 1. The van der Waals surface area contributed by atoms with Gasteiger partial charge in [-0.1, -0.05) is 24.3 Å². The van der Waals surface area contributed by atoms with Crippen molar-refractivity contribution in [3.63, 3.8) is 0 Å². The summed E-state index contributed by atoms with van der Waals surface area (Å²) in [6, 6.07) is 14.8.